The molecule has 0 aliphatic heterocycles. The van der Waals surface area contributed by atoms with Gasteiger partial charge in [0.2, 0.25) is 0 Å². The van der Waals surface area contributed by atoms with Gasteiger partial charge in [0.15, 0.2) is 0 Å². The minimum Gasteiger partial charge on any atom is -0.380 e. The van der Waals surface area contributed by atoms with E-state index < -0.39 is 0 Å². The highest BCUT2D eigenvalue weighted by molar-refractivity contribution is 5.59. The van der Waals surface area contributed by atoms with Crippen molar-refractivity contribution in [2.45, 2.75) is 46.6 Å². The standard InChI is InChI=1S/C14H24N2/c1-10-8-11(2)13(12(3)9-10)16-14(4,5)6-7-15/h8-9,16H,6-7,15H2,1-5H3. The van der Waals surface area contributed by atoms with Gasteiger partial charge in [-0.05, 0) is 58.7 Å². The Morgan fingerprint density at radius 2 is 1.62 bits per heavy atom. The molecular weight excluding hydrogens is 196 g/mol. The summed E-state index contributed by atoms with van der Waals surface area (Å²) < 4.78 is 0. The molecule has 0 fully saturated rings. The van der Waals surface area contributed by atoms with E-state index in [9.17, 15) is 0 Å². The maximum absolute atomic E-state index is 5.63. The van der Waals surface area contributed by atoms with Crippen LogP contribution in [0.1, 0.15) is 37.0 Å². The van der Waals surface area contributed by atoms with E-state index in [0.29, 0.717) is 6.54 Å². The van der Waals surface area contributed by atoms with Crippen molar-refractivity contribution < 1.29 is 0 Å². The predicted octanol–water partition coefficient (Wildman–Crippen LogP) is 3.15. The second-order valence-corrected chi connectivity index (χ2v) is 5.32. The summed E-state index contributed by atoms with van der Waals surface area (Å²) in [5, 5.41) is 3.60. The fourth-order valence-electron chi connectivity index (χ4n) is 2.14. The first-order valence-electron chi connectivity index (χ1n) is 5.92. The number of nitrogens with two attached hydrogens (primary N) is 1. The quantitative estimate of drug-likeness (QED) is 0.818. The van der Waals surface area contributed by atoms with E-state index >= 15 is 0 Å². The predicted molar refractivity (Wildman–Crippen MR) is 72.0 cm³/mol. The average Bonchev–Trinajstić information content (AvgIpc) is 2.11. The summed E-state index contributed by atoms with van der Waals surface area (Å²) in [6.07, 6.45) is 0.972. The van der Waals surface area contributed by atoms with E-state index in [4.69, 9.17) is 5.73 Å². The van der Waals surface area contributed by atoms with Crippen molar-refractivity contribution in [2.24, 2.45) is 5.73 Å². The Balaban J connectivity index is 2.97. The maximum atomic E-state index is 5.63. The largest absolute Gasteiger partial charge is 0.380 e. The molecule has 0 unspecified atom stereocenters. The smallest absolute Gasteiger partial charge is 0.0403 e. The Bertz CT molecular complexity index is 344. The van der Waals surface area contributed by atoms with Gasteiger partial charge in [-0.25, -0.2) is 0 Å². The Kier molecular flexibility index (Phi) is 3.98. The highest BCUT2D eigenvalue weighted by Gasteiger charge is 2.18. The molecule has 0 bridgehead atoms. The molecule has 0 atom stereocenters. The van der Waals surface area contributed by atoms with Crippen molar-refractivity contribution in [3.8, 4) is 0 Å². The zero-order valence-corrected chi connectivity index (χ0v) is 11.1. The number of nitrogens with one attached hydrogen (secondary N) is 1. The molecule has 2 heteroatoms. The molecule has 0 saturated heterocycles. The summed E-state index contributed by atoms with van der Waals surface area (Å²) in [4.78, 5) is 0. The van der Waals surface area contributed by atoms with Gasteiger partial charge in [-0.2, -0.15) is 0 Å². The summed E-state index contributed by atoms with van der Waals surface area (Å²) >= 11 is 0. The van der Waals surface area contributed by atoms with Crippen molar-refractivity contribution in [1.29, 1.82) is 0 Å². The second-order valence-electron chi connectivity index (χ2n) is 5.32. The van der Waals surface area contributed by atoms with Crippen molar-refractivity contribution in [3.05, 3.63) is 28.8 Å². The van der Waals surface area contributed by atoms with Crippen LogP contribution in [-0.2, 0) is 0 Å². The van der Waals surface area contributed by atoms with Crippen LogP contribution < -0.4 is 11.1 Å². The van der Waals surface area contributed by atoms with Gasteiger partial charge in [0, 0.05) is 11.2 Å². The van der Waals surface area contributed by atoms with Crippen LogP contribution in [-0.4, -0.2) is 12.1 Å². The number of hydrogen-bond acceptors (Lipinski definition) is 2. The highest BCUT2D eigenvalue weighted by Crippen LogP contribution is 2.26. The second kappa shape index (κ2) is 4.88. The molecule has 1 rings (SSSR count). The van der Waals surface area contributed by atoms with Crippen LogP contribution in [0.25, 0.3) is 0 Å². The molecule has 90 valence electrons. The Morgan fingerprint density at radius 1 is 1.12 bits per heavy atom. The maximum Gasteiger partial charge on any atom is 0.0403 e. The van der Waals surface area contributed by atoms with Crippen LogP contribution in [0.15, 0.2) is 12.1 Å². The van der Waals surface area contributed by atoms with Crippen LogP contribution >= 0.6 is 0 Å². The third kappa shape index (κ3) is 3.24. The fourth-order valence-corrected chi connectivity index (χ4v) is 2.14. The summed E-state index contributed by atoms with van der Waals surface area (Å²) in [5.74, 6) is 0. The SMILES string of the molecule is Cc1cc(C)c(NC(C)(C)CCN)c(C)c1. The lowest BCUT2D eigenvalue weighted by atomic mass is 9.97. The van der Waals surface area contributed by atoms with Crippen LogP contribution in [0, 0.1) is 20.8 Å². The molecule has 1 aromatic carbocycles. The van der Waals surface area contributed by atoms with Crippen LogP contribution in [0.5, 0.6) is 0 Å². The van der Waals surface area contributed by atoms with Gasteiger partial charge in [-0.1, -0.05) is 17.7 Å². The molecule has 0 saturated carbocycles. The van der Waals surface area contributed by atoms with E-state index in [0.717, 1.165) is 6.42 Å². The number of aryl methyl sites for hydroxylation is 3. The molecule has 16 heavy (non-hydrogen) atoms. The van der Waals surface area contributed by atoms with Crippen LogP contribution in [0.2, 0.25) is 0 Å². The van der Waals surface area contributed by atoms with Gasteiger partial charge < -0.3 is 11.1 Å². The lowest BCUT2D eigenvalue weighted by Gasteiger charge is -2.29. The summed E-state index contributed by atoms with van der Waals surface area (Å²) in [7, 11) is 0. The number of anilines is 1. The monoisotopic (exact) mass is 220 g/mol. The highest BCUT2D eigenvalue weighted by atomic mass is 15.0. The van der Waals surface area contributed by atoms with Gasteiger partial charge in [-0.15, -0.1) is 0 Å². The first-order valence-corrected chi connectivity index (χ1v) is 5.92. The van der Waals surface area contributed by atoms with E-state index in [1.54, 1.807) is 0 Å². The van der Waals surface area contributed by atoms with Crippen LogP contribution in [0.4, 0.5) is 5.69 Å². The molecule has 0 spiro atoms. The van der Waals surface area contributed by atoms with Crippen molar-refractivity contribution in [2.75, 3.05) is 11.9 Å². The Labute approximate surface area is 99.2 Å². The van der Waals surface area contributed by atoms with Gasteiger partial charge in [-0.3, -0.25) is 0 Å². The molecule has 2 nitrogen and oxygen atoms in total. The molecule has 0 aliphatic rings. The number of rotatable bonds is 4. The summed E-state index contributed by atoms with van der Waals surface area (Å²) in [6, 6.07) is 4.43. The molecular formula is C14H24N2. The van der Waals surface area contributed by atoms with Gasteiger partial charge >= 0.3 is 0 Å². The molecule has 0 heterocycles. The molecule has 0 aromatic heterocycles. The minimum atomic E-state index is 0.0551. The van der Waals surface area contributed by atoms with Gasteiger partial charge in [0.05, 0.1) is 0 Å². The topological polar surface area (TPSA) is 38.0 Å². The molecule has 0 radical (unpaired) electrons. The zero-order valence-electron chi connectivity index (χ0n) is 11.1. The molecule has 1 aromatic rings. The summed E-state index contributed by atoms with van der Waals surface area (Å²) in [6.45, 7) is 11.5. The third-order valence-electron chi connectivity index (χ3n) is 2.91. The summed E-state index contributed by atoms with van der Waals surface area (Å²) in [5.41, 5.74) is 10.9. The fraction of sp³-hybridized carbons (Fsp3) is 0.571. The first-order chi connectivity index (χ1) is 7.35. The molecule has 0 amide bonds. The third-order valence-corrected chi connectivity index (χ3v) is 2.91. The zero-order chi connectivity index (χ0) is 12.3. The van der Waals surface area contributed by atoms with Gasteiger partial charge in [0.25, 0.3) is 0 Å². The Hall–Kier alpha value is -1.02. The Morgan fingerprint density at radius 3 is 2.06 bits per heavy atom. The first kappa shape index (κ1) is 13.0. The minimum absolute atomic E-state index is 0.0551. The molecule has 0 aliphatic carbocycles. The van der Waals surface area contributed by atoms with Crippen molar-refractivity contribution in [1.82, 2.24) is 0 Å². The number of benzene rings is 1. The average molecular weight is 220 g/mol. The van der Waals surface area contributed by atoms with Gasteiger partial charge in [0.1, 0.15) is 0 Å². The molecule has 3 N–H and O–H groups in total. The van der Waals surface area contributed by atoms with Crippen LogP contribution in [0.3, 0.4) is 0 Å². The lowest BCUT2D eigenvalue weighted by Crippen LogP contribution is -2.34. The lowest BCUT2D eigenvalue weighted by molar-refractivity contribution is 0.526. The number of hydrogen-bond donors (Lipinski definition) is 2. The van der Waals surface area contributed by atoms with Crippen molar-refractivity contribution >= 4 is 5.69 Å². The van der Waals surface area contributed by atoms with E-state index in [1.807, 2.05) is 0 Å². The van der Waals surface area contributed by atoms with Crippen molar-refractivity contribution in [3.63, 3.8) is 0 Å². The van der Waals surface area contributed by atoms with E-state index in [2.05, 4.69) is 52.1 Å². The van der Waals surface area contributed by atoms with E-state index in [-0.39, 0.29) is 5.54 Å². The van der Waals surface area contributed by atoms with E-state index in [1.165, 1.54) is 22.4 Å². The normalized spacial score (nSPS) is 11.6.